The lowest BCUT2D eigenvalue weighted by Gasteiger charge is -2.22. The zero-order valence-corrected chi connectivity index (χ0v) is 18.8. The van der Waals surface area contributed by atoms with Crippen LogP contribution in [0.5, 0.6) is 0 Å². The Morgan fingerprint density at radius 3 is 2.07 bits per heavy atom. The number of carbonyl (C=O) groups excluding carboxylic acids is 1. The van der Waals surface area contributed by atoms with Gasteiger partial charge >= 0.3 is 0 Å². The Kier molecular flexibility index (Phi) is 6.19. The summed E-state index contributed by atoms with van der Waals surface area (Å²) in [5.41, 5.74) is 4.36. The van der Waals surface area contributed by atoms with Crippen molar-refractivity contribution in [3.63, 3.8) is 0 Å². The van der Waals surface area contributed by atoms with Crippen molar-refractivity contribution in [1.82, 2.24) is 0 Å². The van der Waals surface area contributed by atoms with E-state index in [1.807, 2.05) is 32.0 Å². The number of aryl methyl sites for hydroxylation is 3. The van der Waals surface area contributed by atoms with Gasteiger partial charge in [-0.2, -0.15) is 0 Å². The van der Waals surface area contributed by atoms with E-state index < -0.39 is 10.0 Å². The molecule has 0 unspecified atom stereocenters. The summed E-state index contributed by atoms with van der Waals surface area (Å²) in [4.78, 5) is 12.9. The second-order valence-corrected chi connectivity index (χ2v) is 9.55. The van der Waals surface area contributed by atoms with Crippen LogP contribution in [0.25, 0.3) is 0 Å². The van der Waals surface area contributed by atoms with Gasteiger partial charge in [0.2, 0.25) is 0 Å². The molecule has 0 radical (unpaired) electrons. The maximum atomic E-state index is 12.9. The number of anilines is 2. The van der Waals surface area contributed by atoms with Crippen molar-refractivity contribution in [2.75, 3.05) is 16.7 Å². The molecule has 0 saturated carbocycles. The quantitative estimate of drug-likeness (QED) is 0.579. The highest BCUT2D eigenvalue weighted by molar-refractivity contribution is 7.92. The number of hydrogen-bond acceptors (Lipinski definition) is 3. The van der Waals surface area contributed by atoms with E-state index >= 15 is 0 Å². The fourth-order valence-electron chi connectivity index (χ4n) is 3.24. The average Bonchev–Trinajstić information content (AvgIpc) is 2.70. The van der Waals surface area contributed by atoms with Gasteiger partial charge in [-0.1, -0.05) is 29.8 Å². The third kappa shape index (κ3) is 4.35. The van der Waals surface area contributed by atoms with E-state index in [4.69, 9.17) is 11.6 Å². The van der Waals surface area contributed by atoms with Crippen molar-refractivity contribution in [3.05, 3.63) is 87.9 Å². The summed E-state index contributed by atoms with van der Waals surface area (Å²) in [6.07, 6.45) is 0. The molecule has 0 bridgehead atoms. The number of para-hydroxylation sites is 1. The molecule has 1 amide bonds. The molecule has 30 heavy (non-hydrogen) atoms. The number of hydrogen-bond donors (Lipinski definition) is 1. The van der Waals surface area contributed by atoms with Gasteiger partial charge in [0.15, 0.2) is 0 Å². The van der Waals surface area contributed by atoms with Gasteiger partial charge in [-0.15, -0.1) is 0 Å². The van der Waals surface area contributed by atoms with Crippen molar-refractivity contribution in [1.29, 1.82) is 0 Å². The first kappa shape index (κ1) is 21.9. The Bertz CT molecular complexity index is 1190. The number of rotatable bonds is 5. The smallest absolute Gasteiger partial charge is 0.264 e. The minimum atomic E-state index is -3.75. The molecule has 0 atom stereocenters. The van der Waals surface area contributed by atoms with Crippen LogP contribution in [0.2, 0.25) is 5.02 Å². The molecule has 0 aromatic heterocycles. The van der Waals surface area contributed by atoms with Crippen molar-refractivity contribution in [3.8, 4) is 0 Å². The molecule has 5 nitrogen and oxygen atoms in total. The summed E-state index contributed by atoms with van der Waals surface area (Å²) in [7, 11) is -2.26. The van der Waals surface area contributed by atoms with Crippen molar-refractivity contribution >= 4 is 38.9 Å². The Morgan fingerprint density at radius 1 is 0.900 bits per heavy atom. The minimum Gasteiger partial charge on any atom is -0.322 e. The molecule has 3 aromatic carbocycles. The number of amides is 1. The van der Waals surface area contributed by atoms with Crippen LogP contribution in [-0.2, 0) is 10.0 Å². The summed E-state index contributed by atoms with van der Waals surface area (Å²) < 4.78 is 27.1. The summed E-state index contributed by atoms with van der Waals surface area (Å²) in [5.74, 6) is -0.245. The number of nitrogens with one attached hydrogen (secondary N) is 1. The highest BCUT2D eigenvalue weighted by Gasteiger charge is 2.23. The van der Waals surface area contributed by atoms with Gasteiger partial charge in [0, 0.05) is 23.3 Å². The Morgan fingerprint density at radius 2 is 1.50 bits per heavy atom. The lowest BCUT2D eigenvalue weighted by atomic mass is 10.1. The summed E-state index contributed by atoms with van der Waals surface area (Å²) in [6.45, 7) is 5.65. The zero-order chi connectivity index (χ0) is 22.1. The van der Waals surface area contributed by atoms with Crippen molar-refractivity contribution in [2.24, 2.45) is 0 Å². The molecule has 0 aliphatic rings. The standard InChI is InChI=1S/C23H23ClN2O3S/c1-15-6-5-7-16(2)22(15)25-23(27)18-8-13-21(17(3)14-18)26(4)30(28,29)20-11-9-19(24)10-12-20/h5-14H,1-4H3,(H,25,27). The number of halogens is 1. The van der Waals surface area contributed by atoms with Crippen LogP contribution in [-0.4, -0.2) is 21.4 Å². The first-order valence-corrected chi connectivity index (χ1v) is 11.2. The van der Waals surface area contributed by atoms with Gasteiger partial charge in [-0.3, -0.25) is 9.10 Å². The number of sulfonamides is 1. The number of benzene rings is 3. The third-order valence-corrected chi connectivity index (χ3v) is 7.03. The minimum absolute atomic E-state index is 0.144. The lowest BCUT2D eigenvalue weighted by Crippen LogP contribution is -2.27. The predicted molar refractivity (Wildman–Crippen MR) is 122 cm³/mol. The SMILES string of the molecule is Cc1cc(C(=O)Nc2c(C)cccc2C)ccc1N(C)S(=O)(=O)c1ccc(Cl)cc1. The van der Waals surface area contributed by atoms with E-state index in [-0.39, 0.29) is 10.8 Å². The maximum absolute atomic E-state index is 12.9. The monoisotopic (exact) mass is 442 g/mol. The molecule has 3 rings (SSSR count). The fourth-order valence-corrected chi connectivity index (χ4v) is 4.63. The van der Waals surface area contributed by atoms with Crippen LogP contribution < -0.4 is 9.62 Å². The fraction of sp³-hybridized carbons (Fsp3) is 0.174. The Balaban J connectivity index is 1.87. The highest BCUT2D eigenvalue weighted by atomic mass is 35.5. The van der Waals surface area contributed by atoms with Crippen LogP contribution in [0.4, 0.5) is 11.4 Å². The van der Waals surface area contributed by atoms with Crippen LogP contribution >= 0.6 is 11.6 Å². The maximum Gasteiger partial charge on any atom is 0.264 e. The van der Waals surface area contributed by atoms with Crippen LogP contribution in [0.3, 0.4) is 0 Å². The average molecular weight is 443 g/mol. The van der Waals surface area contributed by atoms with E-state index in [1.165, 1.54) is 35.6 Å². The van der Waals surface area contributed by atoms with E-state index in [2.05, 4.69) is 5.32 Å². The van der Waals surface area contributed by atoms with Crippen molar-refractivity contribution < 1.29 is 13.2 Å². The van der Waals surface area contributed by atoms with E-state index in [9.17, 15) is 13.2 Å². The molecule has 156 valence electrons. The van der Waals surface area contributed by atoms with Gasteiger partial charge in [-0.05, 0) is 79.9 Å². The largest absolute Gasteiger partial charge is 0.322 e. The van der Waals surface area contributed by atoms with E-state index in [1.54, 1.807) is 25.1 Å². The van der Waals surface area contributed by atoms with Gasteiger partial charge in [0.25, 0.3) is 15.9 Å². The first-order valence-electron chi connectivity index (χ1n) is 9.34. The van der Waals surface area contributed by atoms with E-state index in [0.717, 1.165) is 16.8 Å². The van der Waals surface area contributed by atoms with Crippen LogP contribution in [0.1, 0.15) is 27.0 Å². The third-order valence-electron chi connectivity index (χ3n) is 4.99. The molecule has 0 heterocycles. The molecule has 7 heteroatoms. The predicted octanol–water partition coefficient (Wildman–Crippen LogP) is 5.34. The second-order valence-electron chi connectivity index (χ2n) is 7.15. The Hall–Kier alpha value is -2.83. The summed E-state index contributed by atoms with van der Waals surface area (Å²) in [5, 5.41) is 3.41. The van der Waals surface area contributed by atoms with E-state index in [0.29, 0.717) is 21.8 Å². The molecule has 1 N–H and O–H groups in total. The molecule has 0 spiro atoms. The van der Waals surface area contributed by atoms with Gasteiger partial charge in [0.05, 0.1) is 10.6 Å². The molecule has 0 aliphatic heterocycles. The first-order chi connectivity index (χ1) is 14.1. The highest BCUT2D eigenvalue weighted by Crippen LogP contribution is 2.27. The van der Waals surface area contributed by atoms with Gasteiger partial charge in [0.1, 0.15) is 0 Å². The Labute approximate surface area is 182 Å². The van der Waals surface area contributed by atoms with Gasteiger partial charge in [-0.25, -0.2) is 8.42 Å². The molecule has 0 saturated heterocycles. The molecular formula is C23H23ClN2O3S. The molecule has 3 aromatic rings. The summed E-state index contributed by atoms with van der Waals surface area (Å²) in [6, 6.07) is 16.8. The zero-order valence-electron chi connectivity index (χ0n) is 17.2. The van der Waals surface area contributed by atoms with Crippen molar-refractivity contribution in [2.45, 2.75) is 25.7 Å². The second kappa shape index (κ2) is 8.50. The lowest BCUT2D eigenvalue weighted by molar-refractivity contribution is 0.102. The van der Waals surface area contributed by atoms with Crippen LogP contribution in [0, 0.1) is 20.8 Å². The molecular weight excluding hydrogens is 420 g/mol. The molecule has 0 fully saturated rings. The van der Waals surface area contributed by atoms with Crippen LogP contribution in [0.15, 0.2) is 65.6 Å². The number of nitrogens with zero attached hydrogens (tertiary/aromatic N) is 1. The summed E-state index contributed by atoms with van der Waals surface area (Å²) >= 11 is 5.86. The topological polar surface area (TPSA) is 66.5 Å². The van der Waals surface area contributed by atoms with Gasteiger partial charge < -0.3 is 5.32 Å². The molecule has 0 aliphatic carbocycles. The number of carbonyl (C=O) groups is 1. The normalized spacial score (nSPS) is 11.2.